The zero-order valence-electron chi connectivity index (χ0n) is 11.6. The van der Waals surface area contributed by atoms with Crippen molar-refractivity contribution in [2.75, 3.05) is 6.54 Å². The first-order chi connectivity index (χ1) is 10.3. The van der Waals surface area contributed by atoms with Gasteiger partial charge in [0.1, 0.15) is 0 Å². The van der Waals surface area contributed by atoms with Gasteiger partial charge in [0, 0.05) is 23.0 Å². The van der Waals surface area contributed by atoms with E-state index < -0.39 is 0 Å². The van der Waals surface area contributed by atoms with Crippen LogP contribution in [-0.2, 0) is 17.6 Å². The Balaban J connectivity index is 1.61. The van der Waals surface area contributed by atoms with E-state index in [4.69, 9.17) is 0 Å². The van der Waals surface area contributed by atoms with Crippen LogP contribution in [0.4, 0.5) is 0 Å². The van der Waals surface area contributed by atoms with Crippen molar-refractivity contribution >= 4 is 28.1 Å². The number of aromatic nitrogens is 1. The molecule has 0 aliphatic heterocycles. The van der Waals surface area contributed by atoms with Crippen molar-refractivity contribution in [3.8, 4) is 0 Å². The van der Waals surface area contributed by atoms with Crippen LogP contribution in [-0.4, -0.2) is 17.4 Å². The van der Waals surface area contributed by atoms with Crippen LogP contribution in [0.5, 0.6) is 0 Å². The highest BCUT2D eigenvalue weighted by molar-refractivity contribution is 7.09. The number of nitrogens with zero attached hydrogens (tertiary/aromatic N) is 1. The Bertz CT molecular complexity index is 732. The average Bonchev–Trinajstić information content (AvgIpc) is 3.01. The topological polar surface area (TPSA) is 42.0 Å². The maximum Gasteiger partial charge on any atom is 0.224 e. The molecule has 0 fully saturated rings. The monoisotopic (exact) mass is 296 g/mol. The van der Waals surface area contributed by atoms with Gasteiger partial charge in [-0.15, -0.1) is 11.3 Å². The van der Waals surface area contributed by atoms with Crippen LogP contribution in [0.2, 0.25) is 0 Å². The smallest absolute Gasteiger partial charge is 0.224 e. The third-order valence-corrected chi connectivity index (χ3v) is 4.28. The second kappa shape index (κ2) is 6.50. The molecule has 3 nitrogen and oxygen atoms in total. The second-order valence-electron chi connectivity index (χ2n) is 4.85. The molecule has 21 heavy (non-hydrogen) atoms. The van der Waals surface area contributed by atoms with Gasteiger partial charge >= 0.3 is 0 Å². The molecule has 3 rings (SSSR count). The molecular weight excluding hydrogens is 280 g/mol. The van der Waals surface area contributed by atoms with Crippen LogP contribution in [0.1, 0.15) is 10.4 Å². The summed E-state index contributed by atoms with van der Waals surface area (Å²) in [5, 5.41) is 6.10. The summed E-state index contributed by atoms with van der Waals surface area (Å²) in [5.74, 6) is 0.0460. The van der Waals surface area contributed by atoms with Crippen molar-refractivity contribution in [2.45, 2.75) is 12.8 Å². The van der Waals surface area contributed by atoms with Gasteiger partial charge in [-0.2, -0.15) is 0 Å². The third-order valence-electron chi connectivity index (χ3n) is 3.34. The minimum atomic E-state index is 0.0460. The first-order valence-corrected chi connectivity index (χ1v) is 7.82. The lowest BCUT2D eigenvalue weighted by Crippen LogP contribution is -2.27. The van der Waals surface area contributed by atoms with E-state index in [0.717, 1.165) is 22.9 Å². The van der Waals surface area contributed by atoms with Gasteiger partial charge in [-0.05, 0) is 29.5 Å². The normalized spacial score (nSPS) is 10.7. The van der Waals surface area contributed by atoms with Crippen LogP contribution < -0.4 is 5.32 Å². The second-order valence-corrected chi connectivity index (χ2v) is 5.88. The van der Waals surface area contributed by atoms with E-state index in [2.05, 4.69) is 21.7 Å². The van der Waals surface area contributed by atoms with Gasteiger partial charge in [0.25, 0.3) is 0 Å². The molecule has 1 aromatic carbocycles. The van der Waals surface area contributed by atoms with E-state index in [1.807, 2.05) is 36.4 Å². The molecule has 106 valence electrons. The third kappa shape index (κ3) is 3.47. The van der Waals surface area contributed by atoms with Crippen LogP contribution in [0.15, 0.2) is 54.0 Å². The highest BCUT2D eigenvalue weighted by atomic mass is 32.1. The predicted octanol–water partition coefficient (Wildman–Crippen LogP) is 3.20. The van der Waals surface area contributed by atoms with E-state index in [1.54, 1.807) is 17.5 Å². The number of pyridine rings is 1. The predicted molar refractivity (Wildman–Crippen MR) is 86.5 cm³/mol. The van der Waals surface area contributed by atoms with Crippen LogP contribution in [0, 0.1) is 0 Å². The van der Waals surface area contributed by atoms with Crippen molar-refractivity contribution in [3.05, 3.63) is 64.5 Å². The Kier molecular flexibility index (Phi) is 4.26. The minimum absolute atomic E-state index is 0.0460. The van der Waals surface area contributed by atoms with E-state index in [9.17, 15) is 4.79 Å². The molecule has 1 N–H and O–H groups in total. The number of carbonyl (C=O) groups excluding carboxylic acids is 1. The molecular formula is C17H16N2OS. The van der Waals surface area contributed by atoms with Gasteiger partial charge in [-0.25, -0.2) is 0 Å². The van der Waals surface area contributed by atoms with Gasteiger partial charge in [-0.1, -0.05) is 30.3 Å². The quantitative estimate of drug-likeness (QED) is 0.785. The average molecular weight is 296 g/mol. The molecule has 0 spiro atoms. The number of nitrogens with one attached hydrogen (secondary N) is 1. The SMILES string of the molecule is O=C(Cc1cccc2cccnc12)NCCc1cccs1. The van der Waals surface area contributed by atoms with Gasteiger partial charge < -0.3 is 5.32 Å². The van der Waals surface area contributed by atoms with E-state index in [-0.39, 0.29) is 5.91 Å². The molecule has 2 aromatic heterocycles. The highest BCUT2D eigenvalue weighted by Gasteiger charge is 2.07. The van der Waals surface area contributed by atoms with Gasteiger partial charge in [0.15, 0.2) is 0 Å². The molecule has 0 unspecified atom stereocenters. The fourth-order valence-corrected chi connectivity index (χ4v) is 3.03. The van der Waals surface area contributed by atoms with E-state index >= 15 is 0 Å². The molecule has 0 aliphatic carbocycles. The Hall–Kier alpha value is -2.20. The summed E-state index contributed by atoms with van der Waals surface area (Å²) >= 11 is 1.72. The molecule has 0 atom stereocenters. The molecule has 4 heteroatoms. The summed E-state index contributed by atoms with van der Waals surface area (Å²) in [6.45, 7) is 0.678. The summed E-state index contributed by atoms with van der Waals surface area (Å²) in [7, 11) is 0. The summed E-state index contributed by atoms with van der Waals surface area (Å²) < 4.78 is 0. The molecule has 1 amide bonds. The number of amides is 1. The molecule has 0 radical (unpaired) electrons. The Morgan fingerprint density at radius 2 is 2.05 bits per heavy atom. The van der Waals surface area contributed by atoms with Gasteiger partial charge in [0.2, 0.25) is 5.91 Å². The number of carbonyl (C=O) groups is 1. The van der Waals surface area contributed by atoms with Crippen molar-refractivity contribution in [2.24, 2.45) is 0 Å². The fourth-order valence-electron chi connectivity index (χ4n) is 2.33. The maximum atomic E-state index is 12.0. The summed E-state index contributed by atoms with van der Waals surface area (Å²) in [5.41, 5.74) is 1.88. The standard InChI is InChI=1S/C17H16N2OS/c20-16(18-10-8-15-7-3-11-21-15)12-14-5-1-4-13-6-2-9-19-17(13)14/h1-7,9,11H,8,10,12H2,(H,18,20). The van der Waals surface area contributed by atoms with Gasteiger partial charge in [-0.3, -0.25) is 9.78 Å². The largest absolute Gasteiger partial charge is 0.355 e. The van der Waals surface area contributed by atoms with Crippen LogP contribution in [0.3, 0.4) is 0 Å². The Morgan fingerprint density at radius 1 is 1.14 bits per heavy atom. The van der Waals surface area contributed by atoms with Crippen molar-refractivity contribution in [1.29, 1.82) is 0 Å². The molecule has 3 aromatic rings. The molecule has 0 aliphatic rings. The lowest BCUT2D eigenvalue weighted by atomic mass is 10.1. The minimum Gasteiger partial charge on any atom is -0.355 e. The van der Waals surface area contributed by atoms with Crippen molar-refractivity contribution in [1.82, 2.24) is 10.3 Å². The number of thiophene rings is 1. The molecule has 0 bridgehead atoms. The van der Waals surface area contributed by atoms with Crippen molar-refractivity contribution < 1.29 is 4.79 Å². The highest BCUT2D eigenvalue weighted by Crippen LogP contribution is 2.16. The zero-order valence-corrected chi connectivity index (χ0v) is 12.4. The van der Waals surface area contributed by atoms with Crippen LogP contribution in [0.25, 0.3) is 10.9 Å². The zero-order chi connectivity index (χ0) is 14.5. The molecule has 0 saturated carbocycles. The van der Waals surface area contributed by atoms with E-state index in [0.29, 0.717) is 13.0 Å². The number of para-hydroxylation sites is 1. The summed E-state index contributed by atoms with van der Waals surface area (Å²) in [6, 6.07) is 14.0. The molecule has 0 saturated heterocycles. The number of hydrogen-bond donors (Lipinski definition) is 1. The van der Waals surface area contributed by atoms with Gasteiger partial charge in [0.05, 0.1) is 11.9 Å². The number of fused-ring (bicyclic) bond motifs is 1. The summed E-state index contributed by atoms with van der Waals surface area (Å²) in [4.78, 5) is 17.7. The van der Waals surface area contributed by atoms with Crippen molar-refractivity contribution in [3.63, 3.8) is 0 Å². The van der Waals surface area contributed by atoms with E-state index in [1.165, 1.54) is 4.88 Å². The first kappa shape index (κ1) is 13.8. The number of benzene rings is 1. The number of hydrogen-bond acceptors (Lipinski definition) is 3. The summed E-state index contributed by atoms with van der Waals surface area (Å²) in [6.07, 6.45) is 3.02. The Labute approximate surface area is 127 Å². The Morgan fingerprint density at radius 3 is 2.90 bits per heavy atom. The molecule has 2 heterocycles. The number of rotatable bonds is 5. The lowest BCUT2D eigenvalue weighted by molar-refractivity contribution is -0.120. The lowest BCUT2D eigenvalue weighted by Gasteiger charge is -2.07. The van der Waals surface area contributed by atoms with Crippen LogP contribution >= 0.6 is 11.3 Å². The maximum absolute atomic E-state index is 12.0. The fraction of sp³-hybridized carbons (Fsp3) is 0.176. The first-order valence-electron chi connectivity index (χ1n) is 6.94.